The number of rotatable bonds is 6. The second-order valence-electron chi connectivity index (χ2n) is 4.02. The van der Waals surface area contributed by atoms with Gasteiger partial charge >= 0.3 is 5.69 Å². The molecule has 4 N–H and O–H groups in total. The molecule has 100 valence electrons. The van der Waals surface area contributed by atoms with Gasteiger partial charge in [0.2, 0.25) is 0 Å². The second kappa shape index (κ2) is 6.06. The van der Waals surface area contributed by atoms with E-state index in [1.54, 1.807) is 0 Å². The van der Waals surface area contributed by atoms with Gasteiger partial charge in [-0.05, 0) is 6.92 Å². The van der Waals surface area contributed by atoms with E-state index < -0.39 is 11.2 Å². The quantitative estimate of drug-likeness (QED) is 0.476. The lowest BCUT2D eigenvalue weighted by molar-refractivity contribution is 0.167. The van der Waals surface area contributed by atoms with Crippen molar-refractivity contribution >= 4 is 11.5 Å². The van der Waals surface area contributed by atoms with Gasteiger partial charge in [-0.25, -0.2) is 4.79 Å². The van der Waals surface area contributed by atoms with E-state index in [9.17, 15) is 9.59 Å². The van der Waals surface area contributed by atoms with Crippen LogP contribution >= 0.6 is 0 Å². The van der Waals surface area contributed by atoms with Crippen molar-refractivity contribution in [2.75, 3.05) is 30.8 Å². The van der Waals surface area contributed by atoms with Crippen molar-refractivity contribution in [2.45, 2.75) is 6.92 Å². The minimum absolute atomic E-state index is 0.101. The molecule has 0 atom stereocenters. The van der Waals surface area contributed by atoms with Crippen LogP contribution in [0.3, 0.4) is 0 Å². The highest BCUT2D eigenvalue weighted by Gasteiger charge is 2.08. The third kappa shape index (κ3) is 3.49. The minimum Gasteiger partial charge on any atom is -0.383 e. The number of nitrogens with two attached hydrogens (primary N) is 1. The summed E-state index contributed by atoms with van der Waals surface area (Å²) in [5.74, 6) is 0.101. The van der Waals surface area contributed by atoms with Crippen molar-refractivity contribution in [1.82, 2.24) is 9.55 Å². The molecule has 0 saturated heterocycles. The molecule has 0 spiro atoms. The van der Waals surface area contributed by atoms with E-state index in [1.165, 1.54) is 11.6 Å². The number of ether oxygens (including phenoxy) is 1. The van der Waals surface area contributed by atoms with Crippen LogP contribution in [-0.4, -0.2) is 29.3 Å². The van der Waals surface area contributed by atoms with E-state index in [2.05, 4.69) is 16.9 Å². The maximum atomic E-state index is 11.5. The van der Waals surface area contributed by atoms with Gasteiger partial charge in [0.05, 0.1) is 13.2 Å². The molecule has 0 unspecified atom stereocenters. The number of H-pyrrole nitrogens is 1. The van der Waals surface area contributed by atoms with Crippen molar-refractivity contribution in [3.8, 4) is 0 Å². The first-order valence-electron chi connectivity index (χ1n) is 5.48. The predicted molar refractivity (Wildman–Crippen MR) is 70.8 cm³/mol. The third-order valence-electron chi connectivity index (χ3n) is 2.27. The van der Waals surface area contributed by atoms with E-state index in [1.807, 2.05) is 6.92 Å². The number of nitrogen functional groups attached to an aromatic ring is 1. The highest BCUT2D eigenvalue weighted by atomic mass is 16.5. The summed E-state index contributed by atoms with van der Waals surface area (Å²) in [6.07, 6.45) is 0. The standard InChI is InChI=1S/C11H18N4O3/c1-7(2)6-18-5-4-13-8-9(12)15(3)11(17)14-10(8)16/h13H,1,4-6,12H2,2-3H3,(H,14,16,17). The number of nitrogens with one attached hydrogen (secondary N) is 2. The van der Waals surface area contributed by atoms with Crippen LogP contribution in [0.25, 0.3) is 0 Å². The molecule has 7 nitrogen and oxygen atoms in total. The first-order chi connectivity index (χ1) is 8.43. The lowest BCUT2D eigenvalue weighted by Gasteiger charge is -2.10. The largest absolute Gasteiger partial charge is 0.383 e. The fraction of sp³-hybridized carbons (Fsp3) is 0.455. The zero-order valence-electron chi connectivity index (χ0n) is 10.6. The van der Waals surface area contributed by atoms with E-state index in [0.29, 0.717) is 19.8 Å². The second-order valence-corrected chi connectivity index (χ2v) is 4.02. The zero-order valence-corrected chi connectivity index (χ0v) is 10.6. The van der Waals surface area contributed by atoms with Crippen LogP contribution in [0.1, 0.15) is 6.92 Å². The van der Waals surface area contributed by atoms with Gasteiger partial charge in [0.25, 0.3) is 5.56 Å². The molecule has 0 aliphatic rings. The van der Waals surface area contributed by atoms with E-state index >= 15 is 0 Å². The van der Waals surface area contributed by atoms with Crippen LogP contribution in [-0.2, 0) is 11.8 Å². The summed E-state index contributed by atoms with van der Waals surface area (Å²) < 4.78 is 6.43. The molecule has 0 aromatic carbocycles. The molecule has 0 fully saturated rings. The molecule has 0 aliphatic carbocycles. The predicted octanol–water partition coefficient (Wildman–Crippen LogP) is -0.340. The molecule has 0 radical (unpaired) electrons. The number of aromatic amines is 1. The molecule has 0 amide bonds. The number of hydrogen-bond donors (Lipinski definition) is 3. The van der Waals surface area contributed by atoms with Crippen molar-refractivity contribution in [2.24, 2.45) is 7.05 Å². The summed E-state index contributed by atoms with van der Waals surface area (Å²) >= 11 is 0. The Kier molecular flexibility index (Phi) is 4.73. The summed E-state index contributed by atoms with van der Waals surface area (Å²) in [6, 6.07) is 0. The van der Waals surface area contributed by atoms with Crippen LogP contribution in [0.5, 0.6) is 0 Å². The highest BCUT2D eigenvalue weighted by Crippen LogP contribution is 2.07. The van der Waals surface area contributed by atoms with Crippen LogP contribution in [0.2, 0.25) is 0 Å². The fourth-order valence-corrected chi connectivity index (χ4v) is 1.30. The van der Waals surface area contributed by atoms with Gasteiger partial charge < -0.3 is 15.8 Å². The van der Waals surface area contributed by atoms with Crippen LogP contribution in [0.4, 0.5) is 11.5 Å². The van der Waals surface area contributed by atoms with Gasteiger partial charge in [-0.15, -0.1) is 0 Å². The lowest BCUT2D eigenvalue weighted by atomic mass is 10.4. The minimum atomic E-state index is -0.540. The monoisotopic (exact) mass is 254 g/mol. The van der Waals surface area contributed by atoms with E-state index in [-0.39, 0.29) is 11.5 Å². The Morgan fingerprint density at radius 3 is 2.83 bits per heavy atom. The Bertz CT molecular complexity index is 544. The van der Waals surface area contributed by atoms with Crippen molar-refractivity contribution in [3.05, 3.63) is 33.0 Å². The van der Waals surface area contributed by atoms with Crippen LogP contribution in [0.15, 0.2) is 21.7 Å². The van der Waals surface area contributed by atoms with E-state index in [4.69, 9.17) is 10.5 Å². The Morgan fingerprint density at radius 2 is 2.22 bits per heavy atom. The Balaban J connectivity index is 2.63. The molecule has 0 bridgehead atoms. The molecule has 0 aliphatic heterocycles. The van der Waals surface area contributed by atoms with Gasteiger partial charge in [0.1, 0.15) is 11.5 Å². The molecule has 18 heavy (non-hydrogen) atoms. The van der Waals surface area contributed by atoms with Crippen molar-refractivity contribution in [1.29, 1.82) is 0 Å². The first-order valence-corrected chi connectivity index (χ1v) is 5.48. The van der Waals surface area contributed by atoms with Gasteiger partial charge in [-0.1, -0.05) is 12.2 Å². The number of hydrogen-bond acceptors (Lipinski definition) is 5. The van der Waals surface area contributed by atoms with Gasteiger partial charge in [-0.2, -0.15) is 0 Å². The fourth-order valence-electron chi connectivity index (χ4n) is 1.30. The van der Waals surface area contributed by atoms with Gasteiger partial charge in [0, 0.05) is 13.6 Å². The third-order valence-corrected chi connectivity index (χ3v) is 2.27. The highest BCUT2D eigenvalue weighted by molar-refractivity contribution is 5.60. The summed E-state index contributed by atoms with van der Waals surface area (Å²) in [4.78, 5) is 24.9. The number of nitrogens with zero attached hydrogens (tertiary/aromatic N) is 1. The molecule has 1 aromatic rings. The summed E-state index contributed by atoms with van der Waals surface area (Å²) in [5.41, 5.74) is 5.70. The Labute approximate surface area is 104 Å². The van der Waals surface area contributed by atoms with Crippen LogP contribution < -0.4 is 22.3 Å². The number of aromatic nitrogens is 2. The Hall–Kier alpha value is -2.02. The molecular formula is C11H18N4O3. The van der Waals surface area contributed by atoms with Crippen molar-refractivity contribution < 1.29 is 4.74 Å². The zero-order chi connectivity index (χ0) is 13.7. The SMILES string of the molecule is C=C(C)COCCNc1c(N)n(C)c(=O)[nH]c1=O. The molecule has 7 heteroatoms. The summed E-state index contributed by atoms with van der Waals surface area (Å²) in [6.45, 7) is 6.87. The summed E-state index contributed by atoms with van der Waals surface area (Å²) in [5, 5.41) is 2.84. The van der Waals surface area contributed by atoms with Gasteiger partial charge in [0.15, 0.2) is 0 Å². The smallest absolute Gasteiger partial charge is 0.329 e. The average molecular weight is 254 g/mol. The molecule has 1 rings (SSSR count). The maximum Gasteiger partial charge on any atom is 0.329 e. The molecule has 0 saturated carbocycles. The molecule has 1 aromatic heterocycles. The van der Waals surface area contributed by atoms with Gasteiger partial charge in [-0.3, -0.25) is 14.3 Å². The molecular weight excluding hydrogens is 236 g/mol. The number of anilines is 2. The first kappa shape index (κ1) is 14.0. The Morgan fingerprint density at radius 1 is 1.56 bits per heavy atom. The van der Waals surface area contributed by atoms with Crippen molar-refractivity contribution in [3.63, 3.8) is 0 Å². The maximum absolute atomic E-state index is 11.5. The lowest BCUT2D eigenvalue weighted by Crippen LogP contribution is -2.33. The molecule has 1 heterocycles. The topological polar surface area (TPSA) is 102 Å². The van der Waals surface area contributed by atoms with E-state index in [0.717, 1.165) is 5.57 Å². The normalized spacial score (nSPS) is 10.3. The average Bonchev–Trinajstić information content (AvgIpc) is 2.29. The summed E-state index contributed by atoms with van der Waals surface area (Å²) in [7, 11) is 1.48. The van der Waals surface area contributed by atoms with Crippen LogP contribution in [0, 0.1) is 0 Å².